The maximum absolute atomic E-state index is 11.4. The number of nitrogens with one attached hydrogen (secondary N) is 2. The molecule has 0 aromatic heterocycles. The van der Waals surface area contributed by atoms with E-state index in [1.54, 1.807) is 18.2 Å². The summed E-state index contributed by atoms with van der Waals surface area (Å²) in [7, 11) is 0. The molecule has 1 aromatic carbocycles. The maximum atomic E-state index is 11.4. The van der Waals surface area contributed by atoms with Gasteiger partial charge in [-0.1, -0.05) is 11.6 Å². The van der Waals surface area contributed by atoms with Gasteiger partial charge in [-0.25, -0.2) is 9.59 Å². The number of carbonyl (C=O) groups excluding carboxylic acids is 1. The van der Waals surface area contributed by atoms with Gasteiger partial charge < -0.3 is 20.8 Å². The van der Waals surface area contributed by atoms with Gasteiger partial charge in [0.25, 0.3) is 0 Å². The van der Waals surface area contributed by atoms with Gasteiger partial charge in [0.1, 0.15) is 0 Å². The Kier molecular flexibility index (Phi) is 5.63. The van der Waals surface area contributed by atoms with Gasteiger partial charge in [0.05, 0.1) is 12.2 Å². The molecule has 0 bridgehead atoms. The Morgan fingerprint density at radius 2 is 2.11 bits per heavy atom. The topological polar surface area (TPSA) is 98.7 Å². The molecule has 0 heterocycles. The third-order valence-corrected chi connectivity index (χ3v) is 3.05. The molecular weight excluding hydrogens is 374 g/mol. The average molecular weight is 385 g/mol. The van der Waals surface area contributed by atoms with Crippen molar-refractivity contribution in [3.05, 3.63) is 26.8 Å². The highest BCUT2D eigenvalue weighted by atomic mass is 127. The number of carbonyl (C=O) groups is 2. The van der Waals surface area contributed by atoms with Crippen molar-refractivity contribution < 1.29 is 19.8 Å². The fourth-order valence-electron chi connectivity index (χ4n) is 1.03. The van der Waals surface area contributed by atoms with Crippen molar-refractivity contribution >= 4 is 51.9 Å². The Morgan fingerprint density at radius 1 is 1.44 bits per heavy atom. The number of amides is 2. The van der Waals surface area contributed by atoms with Crippen LogP contribution < -0.4 is 10.6 Å². The highest BCUT2D eigenvalue weighted by Crippen LogP contribution is 2.21. The summed E-state index contributed by atoms with van der Waals surface area (Å²) < 4.78 is 0.744. The second kappa shape index (κ2) is 6.76. The number of hydrogen-bond donors (Lipinski definition) is 4. The van der Waals surface area contributed by atoms with Crippen molar-refractivity contribution in [2.24, 2.45) is 0 Å². The molecule has 18 heavy (non-hydrogen) atoms. The number of anilines is 1. The number of benzene rings is 1. The van der Waals surface area contributed by atoms with E-state index in [-0.39, 0.29) is 6.54 Å². The van der Waals surface area contributed by atoms with E-state index < -0.39 is 18.1 Å². The predicted octanol–water partition coefficient (Wildman–Crippen LogP) is 1.51. The van der Waals surface area contributed by atoms with Crippen LogP contribution in [0.3, 0.4) is 0 Å². The molecule has 8 heteroatoms. The van der Waals surface area contributed by atoms with Gasteiger partial charge in [0.2, 0.25) is 0 Å². The van der Waals surface area contributed by atoms with Gasteiger partial charge in [0, 0.05) is 8.59 Å². The number of hydrogen-bond acceptors (Lipinski definition) is 3. The van der Waals surface area contributed by atoms with Crippen LogP contribution in [0.2, 0.25) is 5.02 Å². The number of carboxylic acid groups (broad SMARTS) is 1. The number of urea groups is 1. The molecule has 2 amide bonds. The van der Waals surface area contributed by atoms with Gasteiger partial charge >= 0.3 is 12.0 Å². The van der Waals surface area contributed by atoms with Crippen LogP contribution in [-0.4, -0.2) is 34.9 Å². The standard InChI is InChI=1S/C10H10ClIN2O4/c11-5-1-2-7(6(12)3-5)14-10(18)13-4-8(15)9(16)17/h1-3,8,15H,4H2,(H,16,17)(H2,13,14,18)/t8-/m0/s1. The Balaban J connectivity index is 2.52. The lowest BCUT2D eigenvalue weighted by atomic mass is 10.3. The van der Waals surface area contributed by atoms with Crippen LogP contribution in [0, 0.1) is 3.57 Å². The molecule has 1 rings (SSSR count). The van der Waals surface area contributed by atoms with Crippen molar-refractivity contribution in [2.75, 3.05) is 11.9 Å². The average Bonchev–Trinajstić information content (AvgIpc) is 2.29. The molecule has 0 saturated heterocycles. The second-order valence-electron chi connectivity index (χ2n) is 3.31. The number of carboxylic acids is 1. The fraction of sp³-hybridized carbons (Fsp3) is 0.200. The Bertz CT molecular complexity index is 469. The molecule has 0 spiro atoms. The maximum Gasteiger partial charge on any atom is 0.334 e. The second-order valence-corrected chi connectivity index (χ2v) is 4.91. The number of rotatable bonds is 4. The lowest BCUT2D eigenvalue weighted by Gasteiger charge is -2.10. The van der Waals surface area contributed by atoms with Crippen molar-refractivity contribution in [3.63, 3.8) is 0 Å². The normalized spacial score (nSPS) is 11.7. The molecule has 1 aromatic rings. The molecule has 6 nitrogen and oxygen atoms in total. The van der Waals surface area contributed by atoms with E-state index in [9.17, 15) is 9.59 Å². The van der Waals surface area contributed by atoms with Gasteiger partial charge in [-0.05, 0) is 40.8 Å². The summed E-state index contributed by atoms with van der Waals surface area (Å²) in [6.07, 6.45) is -1.62. The molecule has 0 aliphatic rings. The summed E-state index contributed by atoms with van der Waals surface area (Å²) in [5.74, 6) is -1.39. The lowest BCUT2D eigenvalue weighted by Crippen LogP contribution is -2.38. The van der Waals surface area contributed by atoms with Gasteiger partial charge in [0.15, 0.2) is 6.10 Å². The van der Waals surface area contributed by atoms with E-state index in [1.807, 2.05) is 22.6 Å². The van der Waals surface area contributed by atoms with Crippen molar-refractivity contribution in [2.45, 2.75) is 6.10 Å². The van der Waals surface area contributed by atoms with Crippen LogP contribution in [0.1, 0.15) is 0 Å². The van der Waals surface area contributed by atoms with Gasteiger partial charge in [-0.3, -0.25) is 0 Å². The monoisotopic (exact) mass is 384 g/mol. The smallest absolute Gasteiger partial charge is 0.334 e. The highest BCUT2D eigenvalue weighted by molar-refractivity contribution is 14.1. The molecule has 0 radical (unpaired) electrons. The van der Waals surface area contributed by atoms with Crippen LogP contribution in [-0.2, 0) is 4.79 Å². The number of aliphatic hydroxyl groups excluding tert-OH is 1. The molecule has 0 fully saturated rings. The third kappa shape index (κ3) is 4.67. The minimum Gasteiger partial charge on any atom is -0.479 e. The molecular formula is C10H10ClIN2O4. The van der Waals surface area contributed by atoms with Crippen molar-refractivity contribution in [1.82, 2.24) is 5.32 Å². The first-order valence-electron chi connectivity index (χ1n) is 4.81. The van der Waals surface area contributed by atoms with Gasteiger partial charge in [-0.15, -0.1) is 0 Å². The van der Waals surface area contributed by atoms with Gasteiger partial charge in [-0.2, -0.15) is 0 Å². The van der Waals surface area contributed by atoms with E-state index in [4.69, 9.17) is 21.8 Å². The van der Waals surface area contributed by atoms with Crippen LogP contribution >= 0.6 is 34.2 Å². The highest BCUT2D eigenvalue weighted by Gasteiger charge is 2.14. The van der Waals surface area contributed by atoms with E-state index in [2.05, 4.69) is 10.6 Å². The molecule has 0 aliphatic carbocycles. The summed E-state index contributed by atoms with van der Waals surface area (Å²) in [4.78, 5) is 21.7. The molecule has 4 N–H and O–H groups in total. The number of aliphatic carboxylic acids is 1. The summed E-state index contributed by atoms with van der Waals surface area (Å²) in [5, 5.41) is 22.7. The summed E-state index contributed by atoms with van der Waals surface area (Å²) >= 11 is 7.76. The Labute approximate surface area is 121 Å². The van der Waals surface area contributed by atoms with Crippen LogP contribution in [0.25, 0.3) is 0 Å². The molecule has 0 saturated carbocycles. The van der Waals surface area contributed by atoms with E-state index in [1.165, 1.54) is 0 Å². The van der Waals surface area contributed by atoms with Crippen LogP contribution in [0.15, 0.2) is 18.2 Å². The molecule has 98 valence electrons. The molecule has 0 unspecified atom stereocenters. The minimum atomic E-state index is -1.62. The number of halogens is 2. The zero-order valence-corrected chi connectivity index (χ0v) is 11.9. The molecule has 1 atom stereocenters. The predicted molar refractivity (Wildman–Crippen MR) is 74.8 cm³/mol. The van der Waals surface area contributed by atoms with Crippen LogP contribution in [0.4, 0.5) is 10.5 Å². The minimum absolute atomic E-state index is 0.370. The molecule has 0 aliphatic heterocycles. The largest absolute Gasteiger partial charge is 0.479 e. The zero-order valence-electron chi connectivity index (χ0n) is 8.98. The number of aliphatic hydroxyl groups is 1. The van der Waals surface area contributed by atoms with Crippen LogP contribution in [0.5, 0.6) is 0 Å². The summed E-state index contributed by atoms with van der Waals surface area (Å²) in [6.45, 7) is -0.370. The van der Waals surface area contributed by atoms with Crippen molar-refractivity contribution in [3.8, 4) is 0 Å². The SMILES string of the molecule is O=C(NC[C@H](O)C(=O)O)Nc1ccc(Cl)cc1I. The van der Waals surface area contributed by atoms with E-state index in [0.29, 0.717) is 10.7 Å². The quantitative estimate of drug-likeness (QED) is 0.592. The van der Waals surface area contributed by atoms with Crippen molar-refractivity contribution in [1.29, 1.82) is 0 Å². The van der Waals surface area contributed by atoms with E-state index >= 15 is 0 Å². The Hall–Kier alpha value is -1.06. The first kappa shape index (κ1) is 15.0. The summed E-state index contributed by atoms with van der Waals surface area (Å²) in [5.41, 5.74) is 0.544. The Morgan fingerprint density at radius 3 is 2.67 bits per heavy atom. The third-order valence-electron chi connectivity index (χ3n) is 1.92. The zero-order chi connectivity index (χ0) is 13.7. The fourth-order valence-corrected chi connectivity index (χ4v) is 2.04. The summed E-state index contributed by atoms with van der Waals surface area (Å²) in [6, 6.07) is 4.31. The lowest BCUT2D eigenvalue weighted by molar-refractivity contribution is -0.146. The van der Waals surface area contributed by atoms with E-state index in [0.717, 1.165) is 3.57 Å². The first-order chi connectivity index (χ1) is 8.40. The first-order valence-corrected chi connectivity index (χ1v) is 6.26.